The fourth-order valence-electron chi connectivity index (χ4n) is 0.949. The van der Waals surface area contributed by atoms with Gasteiger partial charge in [-0.25, -0.2) is 0 Å². The summed E-state index contributed by atoms with van der Waals surface area (Å²) in [5, 5.41) is 3.36. The van der Waals surface area contributed by atoms with Gasteiger partial charge in [-0.2, -0.15) is 0 Å². The molecular weight excluding hydrogens is 162 g/mol. The van der Waals surface area contributed by atoms with E-state index in [9.17, 15) is 0 Å². The van der Waals surface area contributed by atoms with E-state index in [-0.39, 0.29) is 5.60 Å². The number of hydrogen-bond acceptors (Lipinski definition) is 2. The van der Waals surface area contributed by atoms with Crippen molar-refractivity contribution < 1.29 is 4.74 Å². The van der Waals surface area contributed by atoms with E-state index >= 15 is 0 Å². The van der Waals surface area contributed by atoms with Crippen molar-refractivity contribution in [1.29, 1.82) is 0 Å². The lowest BCUT2D eigenvalue weighted by atomic mass is 10.1. The summed E-state index contributed by atoms with van der Waals surface area (Å²) in [5.74, 6) is 0. The first-order valence-corrected chi connectivity index (χ1v) is 5.47. The van der Waals surface area contributed by atoms with Crippen molar-refractivity contribution in [2.75, 3.05) is 19.7 Å². The second kappa shape index (κ2) is 7.34. The van der Waals surface area contributed by atoms with Gasteiger partial charge in [0, 0.05) is 6.61 Å². The van der Waals surface area contributed by atoms with Crippen molar-refractivity contribution in [3.63, 3.8) is 0 Å². The normalized spacial score (nSPS) is 12.0. The summed E-state index contributed by atoms with van der Waals surface area (Å²) in [7, 11) is 0. The molecule has 0 aromatic rings. The molecule has 0 radical (unpaired) electrons. The highest BCUT2D eigenvalue weighted by Crippen LogP contribution is 2.13. The van der Waals surface area contributed by atoms with E-state index in [4.69, 9.17) is 4.74 Å². The first kappa shape index (κ1) is 12.9. The molecule has 0 rings (SSSR count). The van der Waals surface area contributed by atoms with Crippen LogP contribution in [-0.4, -0.2) is 25.3 Å². The Labute approximate surface area is 83.1 Å². The van der Waals surface area contributed by atoms with Gasteiger partial charge in [-0.3, -0.25) is 0 Å². The molecule has 0 unspecified atom stereocenters. The van der Waals surface area contributed by atoms with Crippen LogP contribution in [0.15, 0.2) is 0 Å². The van der Waals surface area contributed by atoms with Crippen LogP contribution in [0.5, 0.6) is 0 Å². The number of rotatable bonds is 8. The quantitative estimate of drug-likeness (QED) is 0.590. The van der Waals surface area contributed by atoms with Crippen LogP contribution in [-0.2, 0) is 4.74 Å². The third kappa shape index (κ3) is 8.26. The molecule has 0 heterocycles. The molecule has 0 aliphatic heterocycles. The summed E-state index contributed by atoms with van der Waals surface area (Å²) in [6, 6.07) is 0. The highest BCUT2D eigenvalue weighted by atomic mass is 16.5. The van der Waals surface area contributed by atoms with Gasteiger partial charge in [0.05, 0.1) is 5.60 Å². The van der Waals surface area contributed by atoms with Crippen molar-refractivity contribution in [2.24, 2.45) is 0 Å². The van der Waals surface area contributed by atoms with E-state index in [1.807, 2.05) is 0 Å². The highest BCUT2D eigenvalue weighted by Gasteiger charge is 2.13. The molecule has 0 aliphatic rings. The van der Waals surface area contributed by atoms with Crippen LogP contribution < -0.4 is 5.32 Å². The van der Waals surface area contributed by atoms with E-state index < -0.39 is 0 Å². The topological polar surface area (TPSA) is 21.3 Å². The molecule has 0 fully saturated rings. The predicted molar refractivity (Wildman–Crippen MR) is 58.1 cm³/mol. The second-order valence-corrected chi connectivity index (χ2v) is 4.07. The molecule has 13 heavy (non-hydrogen) atoms. The van der Waals surface area contributed by atoms with Crippen molar-refractivity contribution in [1.82, 2.24) is 5.32 Å². The van der Waals surface area contributed by atoms with Gasteiger partial charge >= 0.3 is 0 Å². The minimum atomic E-state index is 0.0603. The largest absolute Gasteiger partial charge is 0.376 e. The smallest absolute Gasteiger partial charge is 0.0623 e. The molecule has 0 aromatic heterocycles. The van der Waals surface area contributed by atoms with E-state index in [1.54, 1.807) is 0 Å². The average Bonchev–Trinajstić information content (AvgIpc) is 2.11. The molecule has 0 atom stereocenters. The van der Waals surface area contributed by atoms with Crippen molar-refractivity contribution >= 4 is 0 Å². The zero-order chi connectivity index (χ0) is 10.2. The lowest BCUT2D eigenvalue weighted by molar-refractivity contribution is -0.0207. The SMILES string of the molecule is CCCNCCCOC(C)(C)CC. The Morgan fingerprint density at radius 2 is 1.85 bits per heavy atom. The third-order valence-electron chi connectivity index (χ3n) is 2.27. The number of ether oxygens (including phenoxy) is 1. The molecule has 0 saturated carbocycles. The van der Waals surface area contributed by atoms with E-state index in [2.05, 4.69) is 33.0 Å². The fraction of sp³-hybridized carbons (Fsp3) is 1.00. The summed E-state index contributed by atoms with van der Waals surface area (Å²) in [5.41, 5.74) is 0.0603. The second-order valence-electron chi connectivity index (χ2n) is 4.07. The first-order valence-electron chi connectivity index (χ1n) is 5.47. The van der Waals surface area contributed by atoms with Gasteiger partial charge in [0.2, 0.25) is 0 Å². The van der Waals surface area contributed by atoms with Crippen LogP contribution in [0.3, 0.4) is 0 Å². The Morgan fingerprint density at radius 3 is 2.38 bits per heavy atom. The lowest BCUT2D eigenvalue weighted by Crippen LogP contribution is -2.25. The molecule has 0 aliphatic carbocycles. The van der Waals surface area contributed by atoms with Gasteiger partial charge in [0.15, 0.2) is 0 Å². The van der Waals surface area contributed by atoms with Crippen molar-refractivity contribution in [2.45, 2.75) is 52.6 Å². The standard InChI is InChI=1S/C11H25NO/c1-5-8-12-9-7-10-13-11(3,4)6-2/h12H,5-10H2,1-4H3. The average molecular weight is 187 g/mol. The minimum absolute atomic E-state index is 0.0603. The maximum Gasteiger partial charge on any atom is 0.0623 e. The Hall–Kier alpha value is -0.0800. The summed E-state index contributed by atoms with van der Waals surface area (Å²) in [6.07, 6.45) is 3.40. The van der Waals surface area contributed by atoms with E-state index in [0.29, 0.717) is 0 Å². The molecule has 0 aromatic carbocycles. The molecule has 0 amide bonds. The van der Waals surface area contributed by atoms with Crippen LogP contribution in [0.4, 0.5) is 0 Å². The molecular formula is C11H25NO. The van der Waals surface area contributed by atoms with Gasteiger partial charge < -0.3 is 10.1 Å². The Balaban J connectivity index is 3.16. The van der Waals surface area contributed by atoms with Gasteiger partial charge in [-0.15, -0.1) is 0 Å². The van der Waals surface area contributed by atoms with E-state index in [1.165, 1.54) is 6.42 Å². The maximum atomic E-state index is 5.72. The summed E-state index contributed by atoms with van der Waals surface area (Å²) in [6.45, 7) is 11.7. The Morgan fingerprint density at radius 1 is 1.15 bits per heavy atom. The van der Waals surface area contributed by atoms with Crippen LogP contribution in [0.2, 0.25) is 0 Å². The maximum absolute atomic E-state index is 5.72. The molecule has 2 heteroatoms. The van der Waals surface area contributed by atoms with Crippen molar-refractivity contribution in [3.05, 3.63) is 0 Å². The molecule has 1 N–H and O–H groups in total. The molecule has 80 valence electrons. The zero-order valence-corrected chi connectivity index (χ0v) is 9.65. The molecule has 2 nitrogen and oxygen atoms in total. The summed E-state index contributed by atoms with van der Waals surface area (Å²) in [4.78, 5) is 0. The number of hydrogen-bond donors (Lipinski definition) is 1. The van der Waals surface area contributed by atoms with E-state index in [0.717, 1.165) is 32.5 Å². The van der Waals surface area contributed by atoms with Crippen LogP contribution in [0, 0.1) is 0 Å². The van der Waals surface area contributed by atoms with Gasteiger partial charge in [-0.05, 0) is 46.2 Å². The first-order chi connectivity index (χ1) is 6.12. The third-order valence-corrected chi connectivity index (χ3v) is 2.27. The molecule has 0 spiro atoms. The van der Waals surface area contributed by atoms with Crippen molar-refractivity contribution in [3.8, 4) is 0 Å². The summed E-state index contributed by atoms with van der Waals surface area (Å²) < 4.78 is 5.72. The van der Waals surface area contributed by atoms with Crippen LogP contribution in [0.1, 0.15) is 47.0 Å². The summed E-state index contributed by atoms with van der Waals surface area (Å²) >= 11 is 0. The predicted octanol–water partition coefficient (Wildman–Crippen LogP) is 2.58. The Bertz CT molecular complexity index is 113. The fourth-order valence-corrected chi connectivity index (χ4v) is 0.949. The van der Waals surface area contributed by atoms with Crippen LogP contribution >= 0.6 is 0 Å². The van der Waals surface area contributed by atoms with Crippen LogP contribution in [0.25, 0.3) is 0 Å². The van der Waals surface area contributed by atoms with Gasteiger partial charge in [0.1, 0.15) is 0 Å². The Kier molecular flexibility index (Phi) is 7.29. The van der Waals surface area contributed by atoms with Gasteiger partial charge in [-0.1, -0.05) is 13.8 Å². The minimum Gasteiger partial charge on any atom is -0.376 e. The molecule has 0 bridgehead atoms. The lowest BCUT2D eigenvalue weighted by Gasteiger charge is -2.23. The molecule has 0 saturated heterocycles. The number of nitrogens with one attached hydrogen (secondary N) is 1. The zero-order valence-electron chi connectivity index (χ0n) is 9.65. The van der Waals surface area contributed by atoms with Gasteiger partial charge in [0.25, 0.3) is 0 Å². The monoisotopic (exact) mass is 187 g/mol. The highest BCUT2D eigenvalue weighted by molar-refractivity contribution is 4.64.